The van der Waals surface area contributed by atoms with Gasteiger partial charge in [-0.3, -0.25) is 0 Å². The van der Waals surface area contributed by atoms with E-state index in [2.05, 4.69) is 33.8 Å². The largest absolute Gasteiger partial charge is 0.388 e. The van der Waals surface area contributed by atoms with Crippen LogP contribution in [0.4, 0.5) is 0 Å². The van der Waals surface area contributed by atoms with Crippen molar-refractivity contribution >= 4 is 0 Å². The molecule has 0 radical (unpaired) electrons. The molecular weight excluding hydrogens is 222 g/mol. The van der Waals surface area contributed by atoms with E-state index in [-0.39, 0.29) is 11.3 Å². The number of aliphatic hydroxyl groups is 1. The number of nitriles is 1. The minimum Gasteiger partial charge on any atom is -0.388 e. The molecule has 0 heterocycles. The van der Waals surface area contributed by atoms with Gasteiger partial charge >= 0.3 is 0 Å². The highest BCUT2D eigenvalue weighted by Crippen LogP contribution is 2.61. The molecule has 2 heteroatoms. The monoisotopic (exact) mass is 249 g/mol. The van der Waals surface area contributed by atoms with E-state index >= 15 is 0 Å². The van der Waals surface area contributed by atoms with E-state index in [0.717, 1.165) is 38.5 Å². The van der Waals surface area contributed by atoms with Crippen LogP contribution >= 0.6 is 0 Å². The Balaban J connectivity index is 2.32. The second-order valence-electron chi connectivity index (χ2n) is 7.58. The van der Waals surface area contributed by atoms with Crippen LogP contribution in [0, 0.1) is 34.0 Å². The highest BCUT2D eigenvalue weighted by Gasteiger charge is 2.61. The summed E-state index contributed by atoms with van der Waals surface area (Å²) in [5.74, 6) is 0.868. The molecule has 1 N–H and O–H groups in total. The molecule has 4 unspecified atom stereocenters. The second kappa shape index (κ2) is 4.23. The van der Waals surface area contributed by atoms with Gasteiger partial charge in [-0.2, -0.15) is 5.26 Å². The average Bonchev–Trinajstić information content (AvgIpc) is 2.80. The summed E-state index contributed by atoms with van der Waals surface area (Å²) in [7, 11) is 0. The fraction of sp³-hybridized carbons (Fsp3) is 0.938. The molecule has 18 heavy (non-hydrogen) atoms. The lowest BCUT2D eigenvalue weighted by Crippen LogP contribution is -2.48. The normalized spacial score (nSPS) is 47.1. The first-order chi connectivity index (χ1) is 8.28. The van der Waals surface area contributed by atoms with Gasteiger partial charge in [0.05, 0.1) is 17.1 Å². The number of nitrogens with zero attached hydrogens (tertiary/aromatic N) is 1. The van der Waals surface area contributed by atoms with Crippen molar-refractivity contribution in [1.82, 2.24) is 0 Å². The first-order valence-corrected chi connectivity index (χ1v) is 7.42. The molecule has 0 amide bonds. The quantitative estimate of drug-likeness (QED) is 0.806. The third-order valence-corrected chi connectivity index (χ3v) is 5.66. The van der Waals surface area contributed by atoms with Crippen LogP contribution in [0.1, 0.15) is 66.2 Å². The van der Waals surface area contributed by atoms with Crippen molar-refractivity contribution in [3.8, 4) is 6.07 Å². The van der Waals surface area contributed by atoms with E-state index in [4.69, 9.17) is 0 Å². The lowest BCUT2D eigenvalue weighted by Gasteiger charge is -2.41. The molecule has 4 atom stereocenters. The maximum atomic E-state index is 11.2. The van der Waals surface area contributed by atoms with E-state index < -0.39 is 11.0 Å². The highest BCUT2D eigenvalue weighted by molar-refractivity contribution is 5.19. The van der Waals surface area contributed by atoms with Crippen molar-refractivity contribution in [3.05, 3.63) is 0 Å². The molecule has 0 aromatic carbocycles. The maximum Gasteiger partial charge on any atom is 0.0865 e. The first kappa shape index (κ1) is 13.9. The third kappa shape index (κ3) is 1.88. The molecule has 0 aromatic heterocycles. The number of hydrogen-bond acceptors (Lipinski definition) is 2. The summed E-state index contributed by atoms with van der Waals surface area (Å²) < 4.78 is 0. The van der Waals surface area contributed by atoms with E-state index in [1.54, 1.807) is 0 Å². The average molecular weight is 249 g/mol. The van der Waals surface area contributed by atoms with Gasteiger partial charge in [-0.15, -0.1) is 0 Å². The van der Waals surface area contributed by atoms with Crippen molar-refractivity contribution in [2.75, 3.05) is 0 Å². The zero-order valence-corrected chi connectivity index (χ0v) is 12.3. The van der Waals surface area contributed by atoms with E-state index in [1.165, 1.54) is 0 Å². The molecule has 2 aliphatic carbocycles. The Kier molecular flexibility index (Phi) is 3.26. The standard InChI is InChI=1S/C16H27NO/c1-5-13-6-7-15(9-13,11-17)16(18)10-14(3,4)8-12(16)2/h12-13,18H,5-10H2,1-4H3. The molecule has 0 spiro atoms. The number of hydrogen-bond donors (Lipinski definition) is 1. The van der Waals surface area contributed by atoms with Crippen LogP contribution in [0.15, 0.2) is 0 Å². The van der Waals surface area contributed by atoms with Crippen molar-refractivity contribution in [3.63, 3.8) is 0 Å². The molecule has 2 fully saturated rings. The Morgan fingerprint density at radius 3 is 2.39 bits per heavy atom. The fourth-order valence-electron chi connectivity index (χ4n) is 4.70. The van der Waals surface area contributed by atoms with Gasteiger partial charge in [-0.25, -0.2) is 0 Å². The lowest BCUT2D eigenvalue weighted by molar-refractivity contribution is -0.0839. The predicted octanol–water partition coefficient (Wildman–Crippen LogP) is 3.89. The molecule has 0 saturated heterocycles. The molecule has 2 rings (SSSR count). The van der Waals surface area contributed by atoms with Crippen LogP contribution in [0.3, 0.4) is 0 Å². The van der Waals surface area contributed by atoms with E-state index in [9.17, 15) is 10.4 Å². The second-order valence-corrected chi connectivity index (χ2v) is 7.58. The molecule has 2 aliphatic rings. The molecule has 0 aromatic rings. The van der Waals surface area contributed by atoms with Gasteiger partial charge in [0.15, 0.2) is 0 Å². The van der Waals surface area contributed by atoms with E-state index in [1.807, 2.05) is 0 Å². The van der Waals surface area contributed by atoms with Crippen LogP contribution in [0.2, 0.25) is 0 Å². The van der Waals surface area contributed by atoms with Gasteiger partial charge in [0.1, 0.15) is 0 Å². The smallest absolute Gasteiger partial charge is 0.0865 e. The molecule has 2 nitrogen and oxygen atoms in total. The van der Waals surface area contributed by atoms with Gasteiger partial charge in [0.2, 0.25) is 0 Å². The Bertz CT molecular complexity index is 370. The topological polar surface area (TPSA) is 44.0 Å². The van der Waals surface area contributed by atoms with Crippen LogP contribution in [0.25, 0.3) is 0 Å². The molecule has 0 aliphatic heterocycles. The third-order valence-electron chi connectivity index (χ3n) is 5.66. The molecule has 0 bridgehead atoms. The maximum absolute atomic E-state index is 11.2. The van der Waals surface area contributed by atoms with Crippen LogP contribution in [-0.2, 0) is 0 Å². The minimum atomic E-state index is -0.769. The lowest BCUT2D eigenvalue weighted by atomic mass is 9.66. The Morgan fingerprint density at radius 2 is 2.00 bits per heavy atom. The van der Waals surface area contributed by atoms with Crippen molar-refractivity contribution < 1.29 is 5.11 Å². The summed E-state index contributed by atoms with van der Waals surface area (Å²) in [6.45, 7) is 8.77. The molecule has 102 valence electrons. The zero-order valence-electron chi connectivity index (χ0n) is 12.3. The SMILES string of the molecule is CCC1CCC(C#N)(C2(O)CC(C)(C)CC2C)C1. The van der Waals surface area contributed by atoms with Crippen molar-refractivity contribution in [2.24, 2.45) is 22.7 Å². The summed E-state index contributed by atoms with van der Waals surface area (Å²) in [5, 5.41) is 21.0. The van der Waals surface area contributed by atoms with E-state index in [0.29, 0.717) is 5.92 Å². The zero-order chi connectivity index (χ0) is 13.6. The number of rotatable bonds is 2. The highest BCUT2D eigenvalue weighted by atomic mass is 16.3. The van der Waals surface area contributed by atoms with Gasteiger partial charge in [-0.1, -0.05) is 34.1 Å². The van der Waals surface area contributed by atoms with Crippen LogP contribution in [-0.4, -0.2) is 10.7 Å². The first-order valence-electron chi connectivity index (χ1n) is 7.42. The van der Waals surface area contributed by atoms with Gasteiger partial charge in [0.25, 0.3) is 0 Å². The Hall–Kier alpha value is -0.550. The molecular formula is C16H27NO. The van der Waals surface area contributed by atoms with Gasteiger partial charge < -0.3 is 5.11 Å². The fourth-order valence-corrected chi connectivity index (χ4v) is 4.70. The van der Waals surface area contributed by atoms with Crippen LogP contribution in [0.5, 0.6) is 0 Å². The predicted molar refractivity (Wildman–Crippen MR) is 72.8 cm³/mol. The minimum absolute atomic E-state index is 0.169. The summed E-state index contributed by atoms with van der Waals surface area (Å²) in [6.07, 6.45) is 5.85. The van der Waals surface area contributed by atoms with Gasteiger partial charge in [-0.05, 0) is 49.4 Å². The summed E-state index contributed by atoms with van der Waals surface area (Å²) >= 11 is 0. The summed E-state index contributed by atoms with van der Waals surface area (Å²) in [5.41, 5.74) is -1.08. The summed E-state index contributed by atoms with van der Waals surface area (Å²) in [4.78, 5) is 0. The molecule has 2 saturated carbocycles. The van der Waals surface area contributed by atoms with Gasteiger partial charge in [0, 0.05) is 0 Å². The Morgan fingerprint density at radius 1 is 1.33 bits per heavy atom. The van der Waals surface area contributed by atoms with Crippen LogP contribution < -0.4 is 0 Å². The van der Waals surface area contributed by atoms with Crippen molar-refractivity contribution in [2.45, 2.75) is 71.8 Å². The summed E-state index contributed by atoms with van der Waals surface area (Å²) in [6, 6.07) is 2.54. The van der Waals surface area contributed by atoms with Crippen molar-refractivity contribution in [1.29, 1.82) is 5.26 Å². The Labute approximate surface area is 111 Å².